The Labute approximate surface area is 141 Å². The average Bonchev–Trinajstić information content (AvgIpc) is 2.74. The number of pyridine rings is 1. The molecule has 0 spiro atoms. The number of imidazole rings is 1. The van der Waals surface area contributed by atoms with Gasteiger partial charge in [-0.3, -0.25) is 14.7 Å². The maximum Gasteiger partial charge on any atom is 0.229 e. The summed E-state index contributed by atoms with van der Waals surface area (Å²) in [6, 6.07) is 3.57. The number of carbonyl (C=O) groups is 1. The van der Waals surface area contributed by atoms with Gasteiger partial charge in [0.2, 0.25) is 11.9 Å². The van der Waals surface area contributed by atoms with Crippen LogP contribution in [0.25, 0.3) is 11.2 Å². The molecule has 1 amide bonds. The van der Waals surface area contributed by atoms with Gasteiger partial charge in [0.1, 0.15) is 10.7 Å². The zero-order valence-corrected chi connectivity index (χ0v) is 14.9. The van der Waals surface area contributed by atoms with Gasteiger partial charge in [0.05, 0.1) is 18.6 Å². The van der Waals surface area contributed by atoms with E-state index in [1.54, 1.807) is 12.1 Å². The average molecular weight is 339 g/mol. The summed E-state index contributed by atoms with van der Waals surface area (Å²) in [7, 11) is 0. The van der Waals surface area contributed by atoms with Crippen molar-refractivity contribution in [2.24, 2.45) is 0 Å². The number of hydrogen-bond acceptors (Lipinski definition) is 4. The Kier molecular flexibility index (Phi) is 5.26. The fraction of sp³-hybridized carbons (Fsp3) is 0.562. The van der Waals surface area contributed by atoms with Crippen molar-refractivity contribution >= 4 is 34.6 Å². The van der Waals surface area contributed by atoms with Gasteiger partial charge >= 0.3 is 0 Å². The topological polar surface area (TPSA) is 69.0 Å². The number of nitrogens with zero attached hydrogens (tertiary/aromatic N) is 3. The third-order valence-corrected chi connectivity index (χ3v) is 3.35. The van der Waals surface area contributed by atoms with Crippen LogP contribution in [0.4, 0.5) is 5.95 Å². The first kappa shape index (κ1) is 17.7. The van der Waals surface area contributed by atoms with Gasteiger partial charge in [-0.25, -0.2) is 9.97 Å². The Bertz CT molecular complexity index is 704. The third-order valence-electron chi connectivity index (χ3n) is 3.14. The molecule has 2 aromatic rings. The predicted octanol–water partition coefficient (Wildman–Crippen LogP) is 3.81. The molecular formula is C16H23ClN4O2. The molecule has 0 fully saturated rings. The summed E-state index contributed by atoms with van der Waals surface area (Å²) in [5, 5.41) is 3.24. The number of anilines is 1. The summed E-state index contributed by atoms with van der Waals surface area (Å²) in [5.74, 6) is 0.336. The number of fused-ring (bicyclic) bond motifs is 1. The third kappa shape index (κ3) is 4.65. The Morgan fingerprint density at radius 2 is 2.04 bits per heavy atom. The van der Waals surface area contributed by atoms with E-state index in [1.807, 2.05) is 39.2 Å². The van der Waals surface area contributed by atoms with Crippen molar-refractivity contribution in [3.8, 4) is 0 Å². The molecule has 0 aromatic carbocycles. The number of ether oxygens (including phenoxy) is 1. The van der Waals surface area contributed by atoms with Crippen molar-refractivity contribution in [1.29, 1.82) is 0 Å². The molecule has 0 radical (unpaired) electrons. The van der Waals surface area contributed by atoms with Crippen LogP contribution in [-0.2, 0) is 9.53 Å². The molecule has 0 aliphatic rings. The molecule has 2 aromatic heterocycles. The van der Waals surface area contributed by atoms with Gasteiger partial charge in [0, 0.05) is 6.04 Å². The molecule has 0 saturated heterocycles. The SMILES string of the molecule is CC(C)n1c(NC(=O)CCOC(C)(C)C)nc2ccc(Cl)nc21. The normalized spacial score (nSPS) is 12.1. The molecule has 23 heavy (non-hydrogen) atoms. The van der Waals surface area contributed by atoms with E-state index >= 15 is 0 Å². The lowest BCUT2D eigenvalue weighted by atomic mass is 10.2. The van der Waals surface area contributed by atoms with Crippen LogP contribution in [-0.4, -0.2) is 32.7 Å². The van der Waals surface area contributed by atoms with Gasteiger partial charge in [-0.05, 0) is 46.8 Å². The molecule has 126 valence electrons. The molecule has 0 atom stereocenters. The number of halogens is 1. The maximum atomic E-state index is 12.1. The van der Waals surface area contributed by atoms with E-state index in [2.05, 4.69) is 15.3 Å². The van der Waals surface area contributed by atoms with Crippen molar-refractivity contribution in [3.63, 3.8) is 0 Å². The molecule has 2 heterocycles. The maximum absolute atomic E-state index is 12.1. The second kappa shape index (κ2) is 6.84. The van der Waals surface area contributed by atoms with E-state index in [0.717, 1.165) is 0 Å². The van der Waals surface area contributed by atoms with Crippen molar-refractivity contribution in [3.05, 3.63) is 17.3 Å². The summed E-state index contributed by atoms with van der Waals surface area (Å²) in [6.45, 7) is 10.2. The summed E-state index contributed by atoms with van der Waals surface area (Å²) < 4.78 is 7.44. The number of hydrogen-bond donors (Lipinski definition) is 1. The first-order valence-electron chi connectivity index (χ1n) is 7.65. The van der Waals surface area contributed by atoms with E-state index in [-0.39, 0.29) is 24.0 Å². The lowest BCUT2D eigenvalue weighted by Crippen LogP contribution is -2.23. The van der Waals surface area contributed by atoms with Crippen LogP contribution in [0.3, 0.4) is 0 Å². The molecule has 0 aliphatic carbocycles. The Morgan fingerprint density at radius 3 is 2.65 bits per heavy atom. The number of nitrogens with one attached hydrogen (secondary N) is 1. The molecule has 0 aliphatic heterocycles. The van der Waals surface area contributed by atoms with Crippen molar-refractivity contribution in [2.45, 2.75) is 52.7 Å². The molecule has 6 nitrogen and oxygen atoms in total. The number of amides is 1. The van der Waals surface area contributed by atoms with E-state index in [1.165, 1.54) is 0 Å². The number of carbonyl (C=O) groups excluding carboxylic acids is 1. The van der Waals surface area contributed by atoms with Gasteiger partial charge in [0.15, 0.2) is 5.65 Å². The second-order valence-corrected chi connectivity index (χ2v) is 7.02. The van der Waals surface area contributed by atoms with Crippen LogP contribution >= 0.6 is 11.6 Å². The Balaban J connectivity index is 2.16. The highest BCUT2D eigenvalue weighted by atomic mass is 35.5. The number of rotatable bonds is 5. The van der Waals surface area contributed by atoms with Crippen molar-refractivity contribution in [1.82, 2.24) is 14.5 Å². The van der Waals surface area contributed by atoms with Crippen LogP contribution in [0.2, 0.25) is 5.15 Å². The molecular weight excluding hydrogens is 316 g/mol. The minimum Gasteiger partial charge on any atom is -0.375 e. The summed E-state index contributed by atoms with van der Waals surface area (Å²) in [4.78, 5) is 20.9. The first-order chi connectivity index (χ1) is 10.7. The minimum atomic E-state index is -0.258. The smallest absolute Gasteiger partial charge is 0.229 e. The standard InChI is InChI=1S/C16H23ClN4O2/c1-10(2)21-14-11(6-7-12(17)19-14)18-15(21)20-13(22)8-9-23-16(3,4)5/h6-7,10H,8-9H2,1-5H3,(H,18,20,22). The van der Waals surface area contributed by atoms with Crippen molar-refractivity contribution in [2.75, 3.05) is 11.9 Å². The highest BCUT2D eigenvalue weighted by molar-refractivity contribution is 6.29. The van der Waals surface area contributed by atoms with Gasteiger partial charge in [0.25, 0.3) is 0 Å². The largest absolute Gasteiger partial charge is 0.375 e. The minimum absolute atomic E-state index is 0.0899. The highest BCUT2D eigenvalue weighted by Gasteiger charge is 2.17. The fourth-order valence-electron chi connectivity index (χ4n) is 2.17. The van der Waals surface area contributed by atoms with Crippen molar-refractivity contribution < 1.29 is 9.53 Å². The first-order valence-corrected chi connectivity index (χ1v) is 8.03. The van der Waals surface area contributed by atoms with Gasteiger partial charge in [-0.15, -0.1) is 0 Å². The van der Waals surface area contributed by atoms with E-state index in [0.29, 0.717) is 28.9 Å². The van der Waals surface area contributed by atoms with Crippen LogP contribution in [0.5, 0.6) is 0 Å². The van der Waals surface area contributed by atoms with Crippen LogP contribution in [0.1, 0.15) is 47.1 Å². The highest BCUT2D eigenvalue weighted by Crippen LogP contribution is 2.24. The van der Waals surface area contributed by atoms with Gasteiger partial charge in [-0.1, -0.05) is 11.6 Å². The molecule has 0 saturated carbocycles. The monoisotopic (exact) mass is 338 g/mol. The lowest BCUT2D eigenvalue weighted by molar-refractivity contribution is -0.118. The Hall–Kier alpha value is -1.66. The van der Waals surface area contributed by atoms with E-state index < -0.39 is 0 Å². The van der Waals surface area contributed by atoms with Crippen LogP contribution in [0.15, 0.2) is 12.1 Å². The summed E-state index contributed by atoms with van der Waals surface area (Å²) in [6.07, 6.45) is 0.271. The van der Waals surface area contributed by atoms with Gasteiger partial charge in [-0.2, -0.15) is 0 Å². The zero-order chi connectivity index (χ0) is 17.2. The van der Waals surface area contributed by atoms with Crippen LogP contribution in [0, 0.1) is 0 Å². The molecule has 0 bridgehead atoms. The fourth-order valence-corrected chi connectivity index (χ4v) is 2.31. The summed E-state index contributed by atoms with van der Waals surface area (Å²) >= 11 is 5.97. The van der Waals surface area contributed by atoms with Gasteiger partial charge < -0.3 is 4.74 Å². The van der Waals surface area contributed by atoms with E-state index in [9.17, 15) is 4.79 Å². The van der Waals surface area contributed by atoms with E-state index in [4.69, 9.17) is 16.3 Å². The lowest BCUT2D eigenvalue weighted by Gasteiger charge is -2.19. The zero-order valence-electron chi connectivity index (χ0n) is 14.2. The van der Waals surface area contributed by atoms with Crippen LogP contribution < -0.4 is 5.32 Å². The second-order valence-electron chi connectivity index (χ2n) is 6.63. The molecule has 0 unspecified atom stereocenters. The Morgan fingerprint density at radius 1 is 1.35 bits per heavy atom. The predicted molar refractivity (Wildman–Crippen MR) is 91.9 cm³/mol. The number of aromatic nitrogens is 3. The molecule has 7 heteroatoms. The summed E-state index contributed by atoms with van der Waals surface area (Å²) in [5.41, 5.74) is 1.10. The molecule has 2 rings (SSSR count). The molecule has 1 N–H and O–H groups in total. The quantitative estimate of drug-likeness (QED) is 0.842.